The van der Waals surface area contributed by atoms with Gasteiger partial charge in [0.1, 0.15) is 0 Å². The van der Waals surface area contributed by atoms with Crippen LogP contribution in [0.3, 0.4) is 0 Å². The smallest absolute Gasteiger partial charge is 0.0622 e. The van der Waals surface area contributed by atoms with Crippen molar-refractivity contribution in [3.8, 4) is 0 Å². The predicted molar refractivity (Wildman–Crippen MR) is 73.5 cm³/mol. The first-order chi connectivity index (χ1) is 8.38. The SMILES string of the molecule is CCCNCCCCCN1CCOCC1CC. The van der Waals surface area contributed by atoms with Gasteiger partial charge in [0, 0.05) is 12.6 Å². The third-order valence-corrected chi connectivity index (χ3v) is 3.55. The van der Waals surface area contributed by atoms with E-state index in [-0.39, 0.29) is 0 Å². The van der Waals surface area contributed by atoms with Gasteiger partial charge in [0.05, 0.1) is 13.2 Å². The molecule has 0 saturated carbocycles. The summed E-state index contributed by atoms with van der Waals surface area (Å²) in [4.78, 5) is 2.61. The fraction of sp³-hybridized carbons (Fsp3) is 1.00. The van der Waals surface area contributed by atoms with Gasteiger partial charge in [-0.25, -0.2) is 0 Å². The normalized spacial score (nSPS) is 21.9. The Morgan fingerprint density at radius 3 is 2.82 bits per heavy atom. The van der Waals surface area contributed by atoms with Crippen molar-refractivity contribution in [1.82, 2.24) is 10.2 Å². The van der Waals surface area contributed by atoms with Gasteiger partial charge in [-0.1, -0.05) is 20.3 Å². The average Bonchev–Trinajstić information content (AvgIpc) is 2.38. The number of hydrogen-bond donors (Lipinski definition) is 1. The molecule has 1 aliphatic heterocycles. The molecule has 0 bridgehead atoms. The van der Waals surface area contributed by atoms with Gasteiger partial charge in [-0.2, -0.15) is 0 Å². The van der Waals surface area contributed by atoms with Crippen molar-refractivity contribution in [2.75, 3.05) is 39.4 Å². The zero-order valence-corrected chi connectivity index (χ0v) is 11.7. The van der Waals surface area contributed by atoms with Crippen LogP contribution >= 0.6 is 0 Å². The Labute approximate surface area is 107 Å². The molecular formula is C14H30N2O. The summed E-state index contributed by atoms with van der Waals surface area (Å²) in [6.07, 6.45) is 6.47. The standard InChI is InChI=1S/C14H30N2O/c1-3-8-15-9-6-5-7-10-16-11-12-17-13-14(16)4-2/h14-15H,3-13H2,1-2H3. The van der Waals surface area contributed by atoms with Crippen molar-refractivity contribution in [2.24, 2.45) is 0 Å². The minimum absolute atomic E-state index is 0.668. The molecular weight excluding hydrogens is 212 g/mol. The minimum atomic E-state index is 0.668. The van der Waals surface area contributed by atoms with E-state index in [1.54, 1.807) is 0 Å². The summed E-state index contributed by atoms with van der Waals surface area (Å²) in [5.74, 6) is 0. The number of morpholine rings is 1. The van der Waals surface area contributed by atoms with Crippen LogP contribution in [-0.4, -0.2) is 50.3 Å². The Morgan fingerprint density at radius 1 is 1.18 bits per heavy atom. The second-order valence-electron chi connectivity index (χ2n) is 4.98. The predicted octanol–water partition coefficient (Wildman–Crippen LogP) is 2.27. The van der Waals surface area contributed by atoms with Crippen LogP contribution in [0.25, 0.3) is 0 Å². The van der Waals surface area contributed by atoms with E-state index in [9.17, 15) is 0 Å². The summed E-state index contributed by atoms with van der Waals surface area (Å²) < 4.78 is 5.52. The molecule has 1 saturated heterocycles. The fourth-order valence-corrected chi connectivity index (χ4v) is 2.40. The Hall–Kier alpha value is -0.120. The maximum Gasteiger partial charge on any atom is 0.0622 e. The lowest BCUT2D eigenvalue weighted by molar-refractivity contribution is -0.00916. The average molecular weight is 242 g/mol. The molecule has 102 valence electrons. The molecule has 1 fully saturated rings. The third-order valence-electron chi connectivity index (χ3n) is 3.55. The van der Waals surface area contributed by atoms with Crippen molar-refractivity contribution in [2.45, 2.75) is 52.0 Å². The number of rotatable bonds is 9. The number of nitrogens with zero attached hydrogens (tertiary/aromatic N) is 1. The molecule has 1 N–H and O–H groups in total. The van der Waals surface area contributed by atoms with Crippen LogP contribution in [0, 0.1) is 0 Å². The van der Waals surface area contributed by atoms with Crippen LogP contribution in [0.4, 0.5) is 0 Å². The van der Waals surface area contributed by atoms with E-state index >= 15 is 0 Å². The van der Waals surface area contributed by atoms with Crippen molar-refractivity contribution in [1.29, 1.82) is 0 Å². The lowest BCUT2D eigenvalue weighted by atomic mass is 10.1. The first kappa shape index (κ1) is 14.9. The van der Waals surface area contributed by atoms with Crippen LogP contribution in [-0.2, 0) is 4.74 Å². The molecule has 3 heteroatoms. The highest BCUT2D eigenvalue weighted by atomic mass is 16.5. The second kappa shape index (κ2) is 9.86. The van der Waals surface area contributed by atoms with Gasteiger partial charge >= 0.3 is 0 Å². The molecule has 1 rings (SSSR count). The van der Waals surface area contributed by atoms with Crippen LogP contribution in [0.1, 0.15) is 46.0 Å². The molecule has 0 aromatic heterocycles. The molecule has 0 spiro atoms. The summed E-state index contributed by atoms with van der Waals surface area (Å²) in [6.45, 7) is 11.1. The monoisotopic (exact) mass is 242 g/mol. The molecule has 0 aromatic carbocycles. The van der Waals surface area contributed by atoms with Gasteiger partial charge in [-0.15, -0.1) is 0 Å². The van der Waals surface area contributed by atoms with Crippen molar-refractivity contribution in [3.05, 3.63) is 0 Å². The molecule has 3 nitrogen and oxygen atoms in total. The van der Waals surface area contributed by atoms with E-state index in [0.717, 1.165) is 19.8 Å². The molecule has 17 heavy (non-hydrogen) atoms. The minimum Gasteiger partial charge on any atom is -0.378 e. The third kappa shape index (κ3) is 6.39. The van der Waals surface area contributed by atoms with E-state index in [2.05, 4.69) is 24.1 Å². The molecule has 1 heterocycles. The van der Waals surface area contributed by atoms with E-state index in [1.165, 1.54) is 51.7 Å². The van der Waals surface area contributed by atoms with Crippen molar-refractivity contribution < 1.29 is 4.74 Å². The summed E-state index contributed by atoms with van der Waals surface area (Å²) >= 11 is 0. The lowest BCUT2D eigenvalue weighted by Gasteiger charge is -2.35. The van der Waals surface area contributed by atoms with E-state index in [1.807, 2.05) is 0 Å². The topological polar surface area (TPSA) is 24.5 Å². The zero-order chi connectivity index (χ0) is 12.3. The van der Waals surface area contributed by atoms with Gasteiger partial charge in [0.2, 0.25) is 0 Å². The van der Waals surface area contributed by atoms with Gasteiger partial charge in [-0.05, 0) is 45.3 Å². The van der Waals surface area contributed by atoms with Gasteiger partial charge in [0.25, 0.3) is 0 Å². The Bertz CT molecular complexity index is 176. The van der Waals surface area contributed by atoms with Crippen LogP contribution < -0.4 is 5.32 Å². The van der Waals surface area contributed by atoms with Gasteiger partial charge < -0.3 is 10.1 Å². The Balaban J connectivity index is 1.97. The summed E-state index contributed by atoms with van der Waals surface area (Å²) in [5.41, 5.74) is 0. The summed E-state index contributed by atoms with van der Waals surface area (Å²) in [7, 11) is 0. The number of hydrogen-bond acceptors (Lipinski definition) is 3. The van der Waals surface area contributed by atoms with Crippen LogP contribution in [0.2, 0.25) is 0 Å². The zero-order valence-electron chi connectivity index (χ0n) is 11.7. The molecule has 0 amide bonds. The number of ether oxygens (including phenoxy) is 1. The molecule has 0 aromatic rings. The first-order valence-electron chi connectivity index (χ1n) is 7.41. The Morgan fingerprint density at radius 2 is 2.06 bits per heavy atom. The van der Waals surface area contributed by atoms with Gasteiger partial charge in [0.15, 0.2) is 0 Å². The van der Waals surface area contributed by atoms with Crippen molar-refractivity contribution >= 4 is 0 Å². The van der Waals surface area contributed by atoms with Crippen LogP contribution in [0.15, 0.2) is 0 Å². The van der Waals surface area contributed by atoms with E-state index < -0.39 is 0 Å². The summed E-state index contributed by atoms with van der Waals surface area (Å²) in [5, 5.41) is 3.46. The highest BCUT2D eigenvalue weighted by Crippen LogP contribution is 2.11. The van der Waals surface area contributed by atoms with E-state index in [0.29, 0.717) is 6.04 Å². The van der Waals surface area contributed by atoms with Crippen LogP contribution in [0.5, 0.6) is 0 Å². The lowest BCUT2D eigenvalue weighted by Crippen LogP contribution is -2.45. The first-order valence-corrected chi connectivity index (χ1v) is 7.41. The quantitative estimate of drug-likeness (QED) is 0.628. The molecule has 0 aliphatic carbocycles. The molecule has 1 unspecified atom stereocenters. The maximum absolute atomic E-state index is 5.52. The highest BCUT2D eigenvalue weighted by Gasteiger charge is 2.20. The summed E-state index contributed by atoms with van der Waals surface area (Å²) in [6, 6.07) is 0.668. The second-order valence-corrected chi connectivity index (χ2v) is 4.98. The molecule has 1 aliphatic rings. The molecule has 1 atom stereocenters. The van der Waals surface area contributed by atoms with E-state index in [4.69, 9.17) is 4.74 Å². The maximum atomic E-state index is 5.52. The molecule has 0 radical (unpaired) electrons. The van der Waals surface area contributed by atoms with Crippen molar-refractivity contribution in [3.63, 3.8) is 0 Å². The largest absolute Gasteiger partial charge is 0.378 e. The Kier molecular flexibility index (Phi) is 8.67. The number of unbranched alkanes of at least 4 members (excludes halogenated alkanes) is 2. The fourth-order valence-electron chi connectivity index (χ4n) is 2.40. The highest BCUT2D eigenvalue weighted by molar-refractivity contribution is 4.73. The van der Waals surface area contributed by atoms with Gasteiger partial charge in [-0.3, -0.25) is 4.90 Å². The number of nitrogens with one attached hydrogen (secondary N) is 1.